The lowest BCUT2D eigenvalue weighted by Gasteiger charge is -2.09. The van der Waals surface area contributed by atoms with Gasteiger partial charge in [0.05, 0.1) is 0 Å². The number of aryl methyl sites for hydroxylation is 1. The van der Waals surface area contributed by atoms with Gasteiger partial charge in [0.25, 0.3) is 0 Å². The van der Waals surface area contributed by atoms with Crippen molar-refractivity contribution in [1.82, 2.24) is 0 Å². The van der Waals surface area contributed by atoms with Crippen LogP contribution in [0.5, 0.6) is 5.75 Å². The topological polar surface area (TPSA) is 26.3 Å². The first-order valence-corrected chi connectivity index (χ1v) is 8.27. The van der Waals surface area contributed by atoms with Crippen molar-refractivity contribution < 1.29 is 9.53 Å². The molecule has 0 aliphatic heterocycles. The highest BCUT2D eigenvalue weighted by Gasteiger charge is 2.07. The van der Waals surface area contributed by atoms with Crippen LogP contribution in [-0.4, -0.2) is 5.78 Å². The van der Waals surface area contributed by atoms with Gasteiger partial charge in [-0.25, -0.2) is 0 Å². The van der Waals surface area contributed by atoms with Gasteiger partial charge in [0, 0.05) is 5.56 Å². The van der Waals surface area contributed by atoms with Gasteiger partial charge in [0.2, 0.25) is 0 Å². The predicted molar refractivity (Wildman–Crippen MR) is 102 cm³/mol. The average Bonchev–Trinajstić information content (AvgIpc) is 2.66. The quantitative estimate of drug-likeness (QED) is 0.443. The minimum Gasteiger partial charge on any atom is -0.489 e. The molecule has 25 heavy (non-hydrogen) atoms. The molecule has 0 aliphatic carbocycles. The van der Waals surface area contributed by atoms with Gasteiger partial charge in [-0.15, -0.1) is 0 Å². The van der Waals surface area contributed by atoms with Crippen LogP contribution in [0.2, 0.25) is 0 Å². The highest BCUT2D eigenvalue weighted by atomic mass is 16.5. The number of allylic oxidation sites excluding steroid dienone is 1. The first-order chi connectivity index (χ1) is 12.2. The monoisotopic (exact) mass is 328 g/mol. The number of hydrogen-bond donors (Lipinski definition) is 0. The summed E-state index contributed by atoms with van der Waals surface area (Å²) in [6.07, 6.45) is 3.45. The lowest BCUT2D eigenvalue weighted by atomic mass is 10.0. The van der Waals surface area contributed by atoms with Crippen molar-refractivity contribution in [2.24, 2.45) is 0 Å². The van der Waals surface area contributed by atoms with E-state index >= 15 is 0 Å². The van der Waals surface area contributed by atoms with Crippen molar-refractivity contribution >= 4 is 11.9 Å². The molecule has 0 unspecified atom stereocenters. The molecule has 3 aromatic rings. The molecule has 0 fully saturated rings. The second-order valence-electron chi connectivity index (χ2n) is 5.86. The predicted octanol–water partition coefficient (Wildman–Crippen LogP) is 5.47. The molecule has 0 N–H and O–H groups in total. The standard InChI is InChI=1S/C23H20O2/c1-18-16-21(25-17-20-10-6-3-7-11-20)13-14-22(18)23(24)15-12-19-8-4-2-5-9-19/h2-16H,17H2,1H3. The number of ether oxygens (including phenoxy) is 1. The number of hydrogen-bond acceptors (Lipinski definition) is 2. The van der Waals surface area contributed by atoms with E-state index in [1.807, 2.05) is 91.9 Å². The minimum absolute atomic E-state index is 0.00374. The second kappa shape index (κ2) is 8.11. The maximum Gasteiger partial charge on any atom is 0.186 e. The Morgan fingerprint density at radius 2 is 1.60 bits per heavy atom. The summed E-state index contributed by atoms with van der Waals surface area (Å²) in [5.74, 6) is 0.765. The van der Waals surface area contributed by atoms with E-state index in [0.717, 1.165) is 22.4 Å². The Morgan fingerprint density at radius 3 is 2.28 bits per heavy atom. The summed E-state index contributed by atoms with van der Waals surface area (Å²) in [5.41, 5.74) is 3.73. The Bertz CT molecular complexity index is 865. The summed E-state index contributed by atoms with van der Waals surface area (Å²) >= 11 is 0. The highest BCUT2D eigenvalue weighted by molar-refractivity contribution is 6.07. The van der Waals surface area contributed by atoms with Gasteiger partial charge in [-0.05, 0) is 47.9 Å². The SMILES string of the molecule is Cc1cc(OCc2ccccc2)ccc1C(=O)C=Cc1ccccc1. The van der Waals surface area contributed by atoms with E-state index in [1.54, 1.807) is 6.08 Å². The minimum atomic E-state index is -0.00374. The smallest absolute Gasteiger partial charge is 0.186 e. The number of carbonyl (C=O) groups is 1. The second-order valence-corrected chi connectivity index (χ2v) is 5.86. The van der Waals surface area contributed by atoms with E-state index < -0.39 is 0 Å². The summed E-state index contributed by atoms with van der Waals surface area (Å²) in [5, 5.41) is 0. The number of ketones is 1. The van der Waals surface area contributed by atoms with Gasteiger partial charge < -0.3 is 4.74 Å². The third kappa shape index (κ3) is 4.67. The zero-order valence-corrected chi connectivity index (χ0v) is 14.2. The fourth-order valence-electron chi connectivity index (χ4n) is 2.57. The average molecular weight is 328 g/mol. The fourth-order valence-corrected chi connectivity index (χ4v) is 2.57. The third-order valence-corrected chi connectivity index (χ3v) is 3.94. The summed E-state index contributed by atoms with van der Waals surface area (Å²) in [6.45, 7) is 2.44. The van der Waals surface area contributed by atoms with Gasteiger partial charge in [-0.1, -0.05) is 66.7 Å². The Kier molecular flexibility index (Phi) is 5.43. The van der Waals surface area contributed by atoms with Crippen LogP contribution in [0.1, 0.15) is 27.0 Å². The van der Waals surface area contributed by atoms with E-state index in [9.17, 15) is 4.79 Å². The van der Waals surface area contributed by atoms with E-state index in [2.05, 4.69) is 0 Å². The van der Waals surface area contributed by atoms with Crippen molar-refractivity contribution in [3.8, 4) is 5.75 Å². The molecule has 0 saturated carbocycles. The molecule has 0 aromatic heterocycles. The molecule has 0 aliphatic rings. The van der Waals surface area contributed by atoms with Crippen LogP contribution < -0.4 is 4.74 Å². The molecule has 0 atom stereocenters. The van der Waals surface area contributed by atoms with Gasteiger partial charge in [-0.3, -0.25) is 4.79 Å². The van der Waals surface area contributed by atoms with Crippen molar-refractivity contribution in [2.75, 3.05) is 0 Å². The molecule has 124 valence electrons. The number of rotatable bonds is 6. The van der Waals surface area contributed by atoms with Crippen LogP contribution in [0.25, 0.3) is 6.08 Å². The molecule has 3 aromatic carbocycles. The van der Waals surface area contributed by atoms with Crippen LogP contribution >= 0.6 is 0 Å². The Balaban J connectivity index is 1.67. The lowest BCUT2D eigenvalue weighted by molar-refractivity contribution is 0.104. The molecule has 2 heteroatoms. The van der Waals surface area contributed by atoms with Gasteiger partial charge in [0.15, 0.2) is 5.78 Å². The van der Waals surface area contributed by atoms with Crippen molar-refractivity contribution in [1.29, 1.82) is 0 Å². The third-order valence-electron chi connectivity index (χ3n) is 3.94. The van der Waals surface area contributed by atoms with Crippen LogP contribution in [-0.2, 0) is 6.61 Å². The molecule has 2 nitrogen and oxygen atoms in total. The van der Waals surface area contributed by atoms with Crippen LogP contribution in [0.15, 0.2) is 84.9 Å². The molecular formula is C23H20O2. The fraction of sp³-hybridized carbons (Fsp3) is 0.0870. The summed E-state index contributed by atoms with van der Waals surface area (Å²) < 4.78 is 5.81. The molecule has 0 heterocycles. The van der Waals surface area contributed by atoms with Gasteiger partial charge in [0.1, 0.15) is 12.4 Å². The largest absolute Gasteiger partial charge is 0.489 e. The molecule has 0 bridgehead atoms. The number of benzene rings is 3. The van der Waals surface area contributed by atoms with Crippen molar-refractivity contribution in [3.05, 3.63) is 107 Å². The van der Waals surface area contributed by atoms with Crippen LogP contribution in [0.3, 0.4) is 0 Å². The van der Waals surface area contributed by atoms with E-state index in [0.29, 0.717) is 12.2 Å². The Morgan fingerprint density at radius 1 is 0.920 bits per heavy atom. The number of carbonyl (C=O) groups excluding carboxylic acids is 1. The first-order valence-electron chi connectivity index (χ1n) is 8.27. The van der Waals surface area contributed by atoms with E-state index in [-0.39, 0.29) is 5.78 Å². The normalized spacial score (nSPS) is 10.8. The Labute approximate surface area is 148 Å². The van der Waals surface area contributed by atoms with E-state index in [1.165, 1.54) is 0 Å². The molecule has 3 rings (SSSR count). The van der Waals surface area contributed by atoms with E-state index in [4.69, 9.17) is 4.74 Å². The lowest BCUT2D eigenvalue weighted by Crippen LogP contribution is -2.00. The summed E-state index contributed by atoms with van der Waals surface area (Å²) in [4.78, 5) is 12.4. The van der Waals surface area contributed by atoms with Crippen LogP contribution in [0.4, 0.5) is 0 Å². The van der Waals surface area contributed by atoms with Crippen LogP contribution in [0, 0.1) is 6.92 Å². The van der Waals surface area contributed by atoms with Gasteiger partial charge >= 0.3 is 0 Å². The molecule has 0 radical (unpaired) electrons. The Hall–Kier alpha value is -3.13. The van der Waals surface area contributed by atoms with Crippen molar-refractivity contribution in [2.45, 2.75) is 13.5 Å². The molecule has 0 saturated heterocycles. The van der Waals surface area contributed by atoms with Crippen molar-refractivity contribution in [3.63, 3.8) is 0 Å². The molecule has 0 spiro atoms. The first kappa shape index (κ1) is 16.7. The summed E-state index contributed by atoms with van der Waals surface area (Å²) in [7, 11) is 0. The highest BCUT2D eigenvalue weighted by Crippen LogP contribution is 2.19. The zero-order chi connectivity index (χ0) is 17.5. The zero-order valence-electron chi connectivity index (χ0n) is 14.2. The maximum absolute atomic E-state index is 12.4. The molecule has 0 amide bonds. The molecular weight excluding hydrogens is 308 g/mol. The maximum atomic E-state index is 12.4. The summed E-state index contributed by atoms with van der Waals surface area (Å²) in [6, 6.07) is 25.4. The van der Waals surface area contributed by atoms with Gasteiger partial charge in [-0.2, -0.15) is 0 Å².